The fraction of sp³-hybridized carbons (Fsp3) is 0.500. The van der Waals surface area contributed by atoms with Crippen molar-refractivity contribution in [1.82, 2.24) is 5.32 Å². The van der Waals surface area contributed by atoms with Gasteiger partial charge >= 0.3 is 6.09 Å². The molecule has 0 aliphatic carbocycles. The highest BCUT2D eigenvalue weighted by atomic mass is 19.1. The van der Waals surface area contributed by atoms with Crippen molar-refractivity contribution >= 4 is 17.6 Å². The maximum Gasteiger partial charge on any atom is 0.414 e. The fourth-order valence-electron chi connectivity index (χ4n) is 3.17. The second-order valence-electron chi connectivity index (χ2n) is 7.05. The molecule has 0 bridgehead atoms. The van der Waals surface area contributed by atoms with Crippen LogP contribution in [0.2, 0.25) is 0 Å². The molecule has 0 aromatic heterocycles. The van der Waals surface area contributed by atoms with Gasteiger partial charge in [-0.1, -0.05) is 11.8 Å². The number of halogens is 1. The molecule has 1 atom stereocenters. The molecule has 0 saturated carbocycles. The van der Waals surface area contributed by atoms with E-state index in [1.807, 2.05) is 0 Å². The van der Waals surface area contributed by atoms with Gasteiger partial charge in [0.1, 0.15) is 23.3 Å². The first kappa shape index (κ1) is 19.3. The van der Waals surface area contributed by atoms with Crippen molar-refractivity contribution in [3.63, 3.8) is 0 Å². The lowest BCUT2D eigenvalue weighted by atomic mass is 9.93. The van der Waals surface area contributed by atoms with Crippen LogP contribution >= 0.6 is 0 Å². The largest absolute Gasteiger partial charge is 0.444 e. The summed E-state index contributed by atoms with van der Waals surface area (Å²) in [4.78, 5) is 24.5. The average Bonchev–Trinajstić information content (AvgIpc) is 3.00. The van der Waals surface area contributed by atoms with Gasteiger partial charge in [-0.2, -0.15) is 0 Å². The highest BCUT2D eigenvalue weighted by Gasteiger charge is 2.32. The van der Waals surface area contributed by atoms with Gasteiger partial charge in [0, 0.05) is 6.42 Å². The molecular formula is C20H23FN2O4. The number of ether oxygens (including phenoxy) is 1. The third-order valence-electron chi connectivity index (χ3n) is 4.82. The maximum atomic E-state index is 14.4. The van der Waals surface area contributed by atoms with Crippen molar-refractivity contribution in [3.8, 4) is 11.8 Å². The Morgan fingerprint density at radius 3 is 2.85 bits per heavy atom. The Bertz CT molecular complexity index is 793. The van der Waals surface area contributed by atoms with Gasteiger partial charge in [0.05, 0.1) is 17.8 Å². The summed E-state index contributed by atoms with van der Waals surface area (Å²) >= 11 is 0. The highest BCUT2D eigenvalue weighted by Crippen LogP contribution is 2.25. The van der Waals surface area contributed by atoms with E-state index < -0.39 is 17.5 Å². The van der Waals surface area contributed by atoms with E-state index in [1.165, 1.54) is 24.0 Å². The lowest BCUT2D eigenvalue weighted by molar-refractivity contribution is -0.117. The first-order valence-electron chi connectivity index (χ1n) is 9.10. The van der Waals surface area contributed by atoms with Crippen molar-refractivity contribution in [2.45, 2.75) is 44.3 Å². The monoisotopic (exact) mass is 374 g/mol. The van der Waals surface area contributed by atoms with Gasteiger partial charge in [0.2, 0.25) is 0 Å². The van der Waals surface area contributed by atoms with E-state index >= 15 is 0 Å². The zero-order valence-electron chi connectivity index (χ0n) is 15.3. The molecular weight excluding hydrogens is 351 g/mol. The number of anilines is 1. The van der Waals surface area contributed by atoms with E-state index in [1.54, 1.807) is 6.07 Å². The number of hydrogen-bond donors (Lipinski definition) is 2. The van der Waals surface area contributed by atoms with E-state index in [-0.39, 0.29) is 24.0 Å². The number of ketones is 1. The van der Waals surface area contributed by atoms with Crippen LogP contribution in [0, 0.1) is 17.7 Å². The zero-order valence-corrected chi connectivity index (χ0v) is 15.3. The molecule has 144 valence electrons. The lowest BCUT2D eigenvalue weighted by Gasteiger charge is -2.27. The topological polar surface area (TPSA) is 78.9 Å². The molecule has 3 rings (SSSR count). The molecule has 2 heterocycles. The Morgan fingerprint density at radius 2 is 2.19 bits per heavy atom. The Balaban J connectivity index is 1.70. The van der Waals surface area contributed by atoms with E-state index in [4.69, 9.17) is 4.74 Å². The number of aliphatic hydroxyl groups is 1. The summed E-state index contributed by atoms with van der Waals surface area (Å²) in [5.41, 5.74) is -0.542. The summed E-state index contributed by atoms with van der Waals surface area (Å²) in [5, 5.41) is 13.5. The Hall–Kier alpha value is -2.43. The molecule has 0 radical (unpaired) electrons. The Labute approximate surface area is 157 Å². The molecule has 1 aromatic rings. The smallest absolute Gasteiger partial charge is 0.414 e. The van der Waals surface area contributed by atoms with Gasteiger partial charge in [-0.15, -0.1) is 0 Å². The number of nitrogens with zero attached hydrogens (tertiary/aromatic N) is 1. The molecule has 2 N–H and O–H groups in total. The number of piperidine rings is 1. The molecule has 2 aliphatic rings. The number of Topliss-reactive ketones (excluding diaryl/α,β-unsaturated/α-hetero) is 1. The fourth-order valence-corrected chi connectivity index (χ4v) is 3.17. The lowest BCUT2D eigenvalue weighted by Crippen LogP contribution is -2.40. The van der Waals surface area contributed by atoms with Crippen LogP contribution < -0.4 is 10.2 Å². The molecule has 7 heteroatoms. The zero-order chi connectivity index (χ0) is 19.4. The molecule has 1 aromatic carbocycles. The van der Waals surface area contributed by atoms with E-state index in [0.717, 1.165) is 0 Å². The molecule has 1 amide bonds. The second kappa shape index (κ2) is 8.07. The summed E-state index contributed by atoms with van der Waals surface area (Å²) in [6.07, 6.45) is 0.871. The van der Waals surface area contributed by atoms with Crippen LogP contribution in [-0.4, -0.2) is 48.3 Å². The van der Waals surface area contributed by atoms with E-state index in [0.29, 0.717) is 44.5 Å². The molecule has 27 heavy (non-hydrogen) atoms. The Kier molecular flexibility index (Phi) is 5.78. The van der Waals surface area contributed by atoms with Crippen LogP contribution in [-0.2, 0) is 9.53 Å². The summed E-state index contributed by atoms with van der Waals surface area (Å²) in [7, 11) is 0. The third kappa shape index (κ3) is 4.85. The number of carbonyl (C=O) groups excluding carboxylic acids is 2. The van der Waals surface area contributed by atoms with Crippen LogP contribution in [0.3, 0.4) is 0 Å². The second-order valence-corrected chi connectivity index (χ2v) is 7.05. The van der Waals surface area contributed by atoms with Gasteiger partial charge in [-0.25, -0.2) is 9.18 Å². The van der Waals surface area contributed by atoms with Crippen molar-refractivity contribution in [3.05, 3.63) is 29.6 Å². The van der Waals surface area contributed by atoms with E-state index in [9.17, 15) is 19.1 Å². The normalized spacial score (nSPS) is 21.4. The Morgan fingerprint density at radius 1 is 1.44 bits per heavy atom. The van der Waals surface area contributed by atoms with Crippen LogP contribution in [0.4, 0.5) is 14.9 Å². The number of cyclic esters (lactones) is 1. The number of benzene rings is 1. The van der Waals surface area contributed by atoms with Crippen molar-refractivity contribution in [2.24, 2.45) is 0 Å². The van der Waals surface area contributed by atoms with Crippen LogP contribution in [0.15, 0.2) is 18.2 Å². The summed E-state index contributed by atoms with van der Waals surface area (Å²) in [5.74, 6) is 4.97. The molecule has 2 fully saturated rings. The van der Waals surface area contributed by atoms with Crippen LogP contribution in [0.1, 0.15) is 38.2 Å². The quantitative estimate of drug-likeness (QED) is 0.788. The van der Waals surface area contributed by atoms with E-state index in [2.05, 4.69) is 17.2 Å². The van der Waals surface area contributed by atoms with Gasteiger partial charge < -0.3 is 20.0 Å². The number of hydrogen-bond acceptors (Lipinski definition) is 5. The molecule has 0 unspecified atom stereocenters. The van der Waals surface area contributed by atoms with Crippen LogP contribution in [0.25, 0.3) is 0 Å². The maximum absolute atomic E-state index is 14.4. The summed E-state index contributed by atoms with van der Waals surface area (Å²) in [6.45, 7) is 3.12. The predicted molar refractivity (Wildman–Crippen MR) is 97.9 cm³/mol. The SMILES string of the molecule is CC(=O)CC[C@H]1CN(c2ccc(C#CC3(O)CCNCC3)c(F)c2)C(=O)O1. The van der Waals surface area contributed by atoms with Gasteiger partial charge in [-0.05, 0) is 57.5 Å². The van der Waals surface area contributed by atoms with Crippen molar-refractivity contribution < 1.29 is 23.8 Å². The highest BCUT2D eigenvalue weighted by molar-refractivity contribution is 5.89. The van der Waals surface area contributed by atoms with Gasteiger partial charge in [0.15, 0.2) is 0 Å². The summed E-state index contributed by atoms with van der Waals surface area (Å²) < 4.78 is 19.7. The van der Waals surface area contributed by atoms with Crippen molar-refractivity contribution in [2.75, 3.05) is 24.5 Å². The number of amides is 1. The van der Waals surface area contributed by atoms with Gasteiger partial charge in [-0.3, -0.25) is 4.90 Å². The van der Waals surface area contributed by atoms with Gasteiger partial charge in [0.25, 0.3) is 0 Å². The molecule has 6 nitrogen and oxygen atoms in total. The number of nitrogens with one attached hydrogen (secondary N) is 1. The number of carbonyl (C=O) groups is 2. The predicted octanol–water partition coefficient (Wildman–Crippen LogP) is 1.99. The summed E-state index contributed by atoms with van der Waals surface area (Å²) in [6, 6.07) is 4.34. The minimum absolute atomic E-state index is 0.0360. The average molecular weight is 374 g/mol. The standard InChI is InChI=1S/C20H23FN2O4/c1-14(24)2-5-17-13-23(19(25)27-17)16-4-3-15(18(21)12-16)6-7-20(26)8-10-22-11-9-20/h3-4,12,17,22,26H,2,5,8-11,13H2,1H3/t17-/m0/s1. The number of rotatable bonds is 4. The molecule has 2 aliphatic heterocycles. The molecule has 0 spiro atoms. The first-order chi connectivity index (χ1) is 12.9. The minimum Gasteiger partial charge on any atom is -0.444 e. The van der Waals surface area contributed by atoms with Crippen molar-refractivity contribution in [1.29, 1.82) is 0 Å². The first-order valence-corrected chi connectivity index (χ1v) is 9.10. The van der Waals surface area contributed by atoms with Crippen LogP contribution in [0.5, 0.6) is 0 Å². The molecule has 2 saturated heterocycles. The minimum atomic E-state index is -1.10. The third-order valence-corrected chi connectivity index (χ3v) is 4.82.